The van der Waals surface area contributed by atoms with Crippen LogP contribution in [0.15, 0.2) is 0 Å². The first-order valence-electron chi connectivity index (χ1n) is 4.26. The molecule has 1 N–H and O–H groups in total. The summed E-state index contributed by atoms with van der Waals surface area (Å²) in [6.07, 6.45) is 0.973. The maximum absolute atomic E-state index is 10.6. The van der Waals surface area contributed by atoms with Crippen LogP contribution in [0.1, 0.15) is 19.3 Å². The van der Waals surface area contributed by atoms with Gasteiger partial charge in [-0.1, -0.05) is 0 Å². The number of amides is 1. The lowest BCUT2D eigenvalue weighted by atomic mass is 9.94. The molecule has 0 aromatic heterocycles. The smallest absolute Gasteiger partial charge is 0.407 e. The van der Waals surface area contributed by atoms with E-state index in [1.54, 1.807) is 0 Å². The van der Waals surface area contributed by atoms with Crippen molar-refractivity contribution in [3.05, 3.63) is 0 Å². The van der Waals surface area contributed by atoms with Crippen molar-refractivity contribution in [2.75, 3.05) is 13.1 Å². The number of piperidine rings is 1. The highest BCUT2D eigenvalue weighted by molar-refractivity contribution is 6.63. The van der Waals surface area contributed by atoms with Crippen LogP contribution in [0.3, 0.4) is 0 Å². The van der Waals surface area contributed by atoms with Crippen LogP contribution in [0.25, 0.3) is 0 Å². The Morgan fingerprint density at radius 1 is 1.38 bits per heavy atom. The molecule has 74 valence electrons. The van der Waals surface area contributed by atoms with Crippen molar-refractivity contribution in [2.24, 2.45) is 5.92 Å². The van der Waals surface area contributed by atoms with Gasteiger partial charge in [0.15, 0.2) is 0 Å². The molecule has 0 radical (unpaired) electrons. The van der Waals surface area contributed by atoms with Gasteiger partial charge in [0.25, 0.3) is 0 Å². The van der Waals surface area contributed by atoms with Crippen molar-refractivity contribution in [1.82, 2.24) is 4.90 Å². The number of halogens is 1. The Balaban J connectivity index is 2.30. The number of carbonyl (C=O) groups excluding carboxylic acids is 1. The molecule has 1 amide bonds. The summed E-state index contributed by atoms with van der Waals surface area (Å²) in [5, 5.41) is 8.31. The van der Waals surface area contributed by atoms with Crippen molar-refractivity contribution in [1.29, 1.82) is 0 Å². The topological polar surface area (TPSA) is 57.6 Å². The number of rotatable bonds is 2. The summed E-state index contributed by atoms with van der Waals surface area (Å²) in [6, 6.07) is 0. The van der Waals surface area contributed by atoms with Gasteiger partial charge in [-0.25, -0.2) is 4.79 Å². The second-order valence-electron chi connectivity index (χ2n) is 3.27. The monoisotopic (exact) mass is 205 g/mol. The summed E-state index contributed by atoms with van der Waals surface area (Å²) in [5.41, 5.74) is 0. The van der Waals surface area contributed by atoms with Crippen LogP contribution in [0.5, 0.6) is 0 Å². The number of carbonyl (C=O) groups is 2. The molecule has 1 rings (SSSR count). The summed E-state index contributed by atoms with van der Waals surface area (Å²) in [5.74, 6) is 0.264. The Labute approximate surface area is 81.5 Å². The molecule has 5 heteroatoms. The first-order valence-corrected chi connectivity index (χ1v) is 4.63. The Morgan fingerprint density at radius 3 is 2.31 bits per heavy atom. The quantitative estimate of drug-likeness (QED) is 0.696. The van der Waals surface area contributed by atoms with E-state index in [9.17, 15) is 9.59 Å². The van der Waals surface area contributed by atoms with Gasteiger partial charge in [0.1, 0.15) is 0 Å². The summed E-state index contributed by atoms with van der Waals surface area (Å²) in [6.45, 7) is 1.04. The van der Waals surface area contributed by atoms with Gasteiger partial charge in [0.2, 0.25) is 5.24 Å². The lowest BCUT2D eigenvalue weighted by molar-refractivity contribution is -0.112. The molecule has 0 aromatic carbocycles. The minimum absolute atomic E-state index is 0.264. The standard InChI is InChI=1S/C8H12ClNO3/c9-7(11)5-6-1-3-10(4-2-6)8(12)13/h6H,1-5H2,(H,12,13). The highest BCUT2D eigenvalue weighted by Crippen LogP contribution is 2.21. The zero-order chi connectivity index (χ0) is 9.84. The number of likely N-dealkylation sites (tertiary alicyclic amines) is 1. The zero-order valence-corrected chi connectivity index (χ0v) is 7.96. The SMILES string of the molecule is O=C(Cl)CC1CCN(C(=O)O)CC1. The first-order chi connectivity index (χ1) is 6.09. The van der Waals surface area contributed by atoms with Crippen LogP contribution in [-0.2, 0) is 4.79 Å². The van der Waals surface area contributed by atoms with E-state index >= 15 is 0 Å². The molecular weight excluding hydrogens is 194 g/mol. The zero-order valence-electron chi connectivity index (χ0n) is 7.20. The lowest BCUT2D eigenvalue weighted by Gasteiger charge is -2.29. The van der Waals surface area contributed by atoms with E-state index < -0.39 is 6.09 Å². The number of hydrogen-bond acceptors (Lipinski definition) is 2. The highest BCUT2D eigenvalue weighted by Gasteiger charge is 2.23. The molecule has 0 aromatic rings. The molecule has 0 unspecified atom stereocenters. The maximum Gasteiger partial charge on any atom is 0.407 e. The highest BCUT2D eigenvalue weighted by atomic mass is 35.5. The van der Waals surface area contributed by atoms with Gasteiger partial charge in [-0.05, 0) is 30.4 Å². The summed E-state index contributed by atoms with van der Waals surface area (Å²) in [7, 11) is 0. The van der Waals surface area contributed by atoms with Crippen LogP contribution in [-0.4, -0.2) is 34.4 Å². The molecule has 0 atom stereocenters. The summed E-state index contributed by atoms with van der Waals surface area (Å²) >= 11 is 5.24. The average Bonchev–Trinajstić information content (AvgIpc) is 2.04. The largest absolute Gasteiger partial charge is 0.465 e. The molecule has 0 spiro atoms. The van der Waals surface area contributed by atoms with E-state index in [0.29, 0.717) is 19.5 Å². The van der Waals surface area contributed by atoms with Gasteiger partial charge in [-0.15, -0.1) is 0 Å². The van der Waals surface area contributed by atoms with E-state index in [1.807, 2.05) is 0 Å². The van der Waals surface area contributed by atoms with Crippen LogP contribution in [0.2, 0.25) is 0 Å². The van der Waals surface area contributed by atoms with Crippen LogP contribution >= 0.6 is 11.6 Å². The molecule has 0 aliphatic carbocycles. The van der Waals surface area contributed by atoms with E-state index in [-0.39, 0.29) is 11.2 Å². The number of hydrogen-bond donors (Lipinski definition) is 1. The predicted molar refractivity (Wildman–Crippen MR) is 47.8 cm³/mol. The predicted octanol–water partition coefficient (Wildman–Crippen LogP) is 1.53. The Morgan fingerprint density at radius 2 is 1.92 bits per heavy atom. The lowest BCUT2D eigenvalue weighted by Crippen LogP contribution is -2.37. The van der Waals surface area contributed by atoms with Gasteiger partial charge >= 0.3 is 6.09 Å². The Hall–Kier alpha value is -0.770. The minimum Gasteiger partial charge on any atom is -0.465 e. The molecule has 4 nitrogen and oxygen atoms in total. The molecule has 13 heavy (non-hydrogen) atoms. The van der Waals surface area contributed by atoms with Crippen LogP contribution in [0, 0.1) is 5.92 Å². The van der Waals surface area contributed by atoms with Crippen LogP contribution < -0.4 is 0 Å². The fourth-order valence-corrected chi connectivity index (χ4v) is 1.77. The van der Waals surface area contributed by atoms with Crippen LogP contribution in [0.4, 0.5) is 4.79 Å². The minimum atomic E-state index is -0.879. The molecule has 0 saturated carbocycles. The average molecular weight is 206 g/mol. The van der Waals surface area contributed by atoms with E-state index in [4.69, 9.17) is 16.7 Å². The first kappa shape index (κ1) is 10.3. The van der Waals surface area contributed by atoms with Crippen molar-refractivity contribution in [2.45, 2.75) is 19.3 Å². The third kappa shape index (κ3) is 3.22. The summed E-state index contributed by atoms with van der Waals surface area (Å²) < 4.78 is 0. The second-order valence-corrected chi connectivity index (χ2v) is 3.69. The molecule has 0 bridgehead atoms. The Kier molecular flexibility index (Phi) is 3.54. The van der Waals surface area contributed by atoms with Crippen molar-refractivity contribution >= 4 is 22.9 Å². The van der Waals surface area contributed by atoms with Gasteiger partial charge in [0.05, 0.1) is 0 Å². The number of nitrogens with zero attached hydrogens (tertiary/aromatic N) is 1. The molecular formula is C8H12ClNO3. The van der Waals surface area contributed by atoms with Gasteiger partial charge in [-0.3, -0.25) is 4.79 Å². The normalized spacial score (nSPS) is 18.7. The fraction of sp³-hybridized carbons (Fsp3) is 0.750. The van der Waals surface area contributed by atoms with E-state index in [0.717, 1.165) is 12.8 Å². The van der Waals surface area contributed by atoms with E-state index in [2.05, 4.69) is 0 Å². The summed E-state index contributed by atoms with van der Waals surface area (Å²) in [4.78, 5) is 22.4. The van der Waals surface area contributed by atoms with Crippen molar-refractivity contribution in [3.63, 3.8) is 0 Å². The third-order valence-electron chi connectivity index (χ3n) is 2.33. The van der Waals surface area contributed by atoms with Gasteiger partial charge < -0.3 is 10.0 Å². The Bertz CT molecular complexity index is 211. The molecule has 1 aliphatic heterocycles. The number of carboxylic acid groups (broad SMARTS) is 1. The maximum atomic E-state index is 10.6. The molecule has 1 saturated heterocycles. The van der Waals surface area contributed by atoms with Gasteiger partial charge in [-0.2, -0.15) is 0 Å². The molecule has 1 aliphatic rings. The molecule has 1 fully saturated rings. The van der Waals surface area contributed by atoms with Crippen molar-refractivity contribution in [3.8, 4) is 0 Å². The third-order valence-corrected chi connectivity index (χ3v) is 2.49. The molecule has 1 heterocycles. The van der Waals surface area contributed by atoms with Gasteiger partial charge in [0, 0.05) is 19.5 Å². The fourth-order valence-electron chi connectivity index (χ4n) is 1.56. The van der Waals surface area contributed by atoms with Crippen molar-refractivity contribution < 1.29 is 14.7 Å². The van der Waals surface area contributed by atoms with E-state index in [1.165, 1.54) is 4.90 Å². The second kappa shape index (κ2) is 4.46.